The van der Waals surface area contributed by atoms with Gasteiger partial charge < -0.3 is 13.3 Å². The van der Waals surface area contributed by atoms with Gasteiger partial charge in [-0.25, -0.2) is 4.98 Å². The van der Waals surface area contributed by atoms with Crippen LogP contribution in [-0.2, 0) is 13.3 Å². The van der Waals surface area contributed by atoms with Crippen LogP contribution in [0, 0.1) is 0 Å². The summed E-state index contributed by atoms with van der Waals surface area (Å²) in [5.74, 6) is 0. The van der Waals surface area contributed by atoms with Gasteiger partial charge in [0.15, 0.2) is 0 Å². The van der Waals surface area contributed by atoms with Crippen LogP contribution in [-0.4, -0.2) is 35.1 Å². The zero-order chi connectivity index (χ0) is 14.8. The van der Waals surface area contributed by atoms with Gasteiger partial charge in [-0.2, -0.15) is 54.0 Å². The van der Waals surface area contributed by atoms with E-state index in [1.54, 1.807) is 32.7 Å². The van der Waals surface area contributed by atoms with E-state index in [9.17, 15) is 0 Å². The first kappa shape index (κ1) is 29.7. The van der Waals surface area contributed by atoms with Crippen molar-refractivity contribution in [1.82, 2.24) is 4.98 Å². The van der Waals surface area contributed by atoms with E-state index in [4.69, 9.17) is 13.3 Å². The van der Waals surface area contributed by atoms with Gasteiger partial charge in [-0.15, -0.1) is 24.0 Å². The molecule has 1 aromatic carbocycles. The molecule has 24 heavy (non-hydrogen) atoms. The van der Waals surface area contributed by atoms with Crippen LogP contribution in [0.3, 0.4) is 0 Å². The van der Waals surface area contributed by atoms with Crippen LogP contribution in [0.25, 0.3) is 10.2 Å². The topological polar surface area (TPSA) is 40.6 Å². The van der Waals surface area contributed by atoms with Gasteiger partial charge in [0.05, 0.1) is 15.8 Å². The van der Waals surface area contributed by atoms with Crippen molar-refractivity contribution in [2.24, 2.45) is 0 Å². The summed E-state index contributed by atoms with van der Waals surface area (Å²) in [6, 6.07) is 6.16. The smallest absolute Gasteiger partial charge is 0.376 e. The van der Waals surface area contributed by atoms with E-state index < -0.39 is 8.80 Å². The van der Waals surface area contributed by atoms with Crippen molar-refractivity contribution in [3.8, 4) is 0 Å². The number of benzene rings is 1. The molecule has 0 saturated heterocycles. The lowest BCUT2D eigenvalue weighted by Crippen LogP contribution is -2.49. The van der Waals surface area contributed by atoms with E-state index in [1.165, 1.54) is 0 Å². The number of para-hydroxylation sites is 1. The summed E-state index contributed by atoms with van der Waals surface area (Å²) in [5, 5.41) is 0. The molecule has 0 N–H and O–H groups in total. The molecule has 0 fully saturated rings. The normalized spacial score (nSPS) is 11.5. The lowest BCUT2D eigenvalue weighted by molar-refractivity contribution is 0.111. The fraction of sp³-hybridized carbons (Fsp3) is 0.462. The Morgan fingerprint density at radius 2 is 1.62 bits per heavy atom. The molecule has 0 spiro atoms. The first-order chi connectivity index (χ1) is 9.61. The third-order valence-corrected chi connectivity index (χ3v) is 7.98. The average Bonchev–Trinajstić information content (AvgIpc) is 2.85. The van der Waals surface area contributed by atoms with Gasteiger partial charge in [0.1, 0.15) is 4.34 Å². The van der Waals surface area contributed by atoms with Crippen LogP contribution >= 0.6 is 77.9 Å². The average molecular weight is 466 g/mol. The highest BCUT2D eigenvalue weighted by Gasteiger charge is 2.48. The van der Waals surface area contributed by atoms with Gasteiger partial charge in [0.25, 0.3) is 0 Å². The van der Waals surface area contributed by atoms with E-state index in [1.807, 2.05) is 6.07 Å². The van der Waals surface area contributed by atoms with Crippen molar-refractivity contribution in [2.75, 3.05) is 21.3 Å². The highest BCUT2D eigenvalue weighted by atomic mass is 32.2. The molecule has 1 atom stereocenters. The summed E-state index contributed by atoms with van der Waals surface area (Å²) in [4.78, 5) is 4.54. The van der Waals surface area contributed by atoms with Crippen LogP contribution in [0.4, 0.5) is 0 Å². The summed E-state index contributed by atoms with van der Waals surface area (Å²) in [7, 11) is 2.18. The SMILES string of the molecule is CCC(c1cccc2sc(S)nc12)[Si](OC)(OC)OC.S.S.S.S. The summed E-state index contributed by atoms with van der Waals surface area (Å²) < 4.78 is 18.8. The molecular formula is C13H27NO3S6Si. The molecule has 4 nitrogen and oxygen atoms in total. The Bertz CT molecular complexity index is 588. The zero-order valence-electron chi connectivity index (χ0n) is 14.0. The molecule has 1 unspecified atom stereocenters. The van der Waals surface area contributed by atoms with E-state index in [0.29, 0.717) is 0 Å². The molecule has 0 aliphatic rings. The second kappa shape index (κ2) is 13.2. The zero-order valence-corrected chi connectivity index (χ0v) is 20.8. The summed E-state index contributed by atoms with van der Waals surface area (Å²) in [6.07, 6.45) is 0.861. The molecule has 0 radical (unpaired) electrons. The molecule has 11 heteroatoms. The minimum absolute atomic E-state index is 0. The second-order valence-electron chi connectivity index (χ2n) is 4.37. The number of thiol groups is 1. The fourth-order valence-electron chi connectivity index (χ4n) is 2.58. The maximum atomic E-state index is 5.65. The van der Waals surface area contributed by atoms with Crippen LogP contribution < -0.4 is 0 Å². The third-order valence-electron chi connectivity index (χ3n) is 3.50. The maximum Gasteiger partial charge on any atom is 0.508 e. The van der Waals surface area contributed by atoms with Crippen molar-refractivity contribution in [1.29, 1.82) is 0 Å². The molecule has 1 heterocycles. The Hall–Kier alpha value is 0.957. The minimum Gasteiger partial charge on any atom is -0.376 e. The Kier molecular flexibility index (Phi) is 16.3. The third kappa shape index (κ3) is 5.73. The van der Waals surface area contributed by atoms with Crippen molar-refractivity contribution in [3.63, 3.8) is 0 Å². The number of nitrogens with zero attached hydrogens (tertiary/aromatic N) is 1. The van der Waals surface area contributed by atoms with E-state index in [-0.39, 0.29) is 59.5 Å². The van der Waals surface area contributed by atoms with Crippen LogP contribution in [0.15, 0.2) is 22.5 Å². The van der Waals surface area contributed by atoms with Crippen LogP contribution in [0.5, 0.6) is 0 Å². The van der Waals surface area contributed by atoms with Crippen molar-refractivity contribution >= 4 is 97.0 Å². The number of fused-ring (bicyclic) bond motifs is 1. The van der Waals surface area contributed by atoms with E-state index in [0.717, 1.165) is 26.5 Å². The second-order valence-corrected chi connectivity index (χ2v) is 9.25. The molecule has 0 bridgehead atoms. The number of rotatable bonds is 6. The molecule has 0 aliphatic heterocycles. The lowest BCUT2D eigenvalue weighted by Gasteiger charge is -2.32. The Morgan fingerprint density at radius 1 is 1.08 bits per heavy atom. The molecule has 1 aromatic heterocycles. The highest BCUT2D eigenvalue weighted by molar-refractivity contribution is 7.82. The predicted octanol–water partition coefficient (Wildman–Crippen LogP) is 3.95. The Morgan fingerprint density at radius 3 is 2.08 bits per heavy atom. The minimum atomic E-state index is -2.76. The molecule has 2 aromatic rings. The summed E-state index contributed by atoms with van der Waals surface area (Å²) >= 11 is 5.93. The van der Waals surface area contributed by atoms with Crippen molar-refractivity contribution < 1.29 is 13.3 Å². The van der Waals surface area contributed by atoms with E-state index in [2.05, 4.69) is 36.7 Å². The first-order valence-electron chi connectivity index (χ1n) is 6.35. The lowest BCUT2D eigenvalue weighted by atomic mass is 10.1. The predicted molar refractivity (Wildman–Crippen MR) is 128 cm³/mol. The number of hydrogen-bond acceptors (Lipinski definition) is 6. The molecule has 0 saturated carbocycles. The van der Waals surface area contributed by atoms with Crippen LogP contribution in [0.2, 0.25) is 0 Å². The Labute approximate surface area is 182 Å². The van der Waals surface area contributed by atoms with Crippen LogP contribution in [0.1, 0.15) is 24.4 Å². The largest absolute Gasteiger partial charge is 0.508 e. The first-order valence-corrected chi connectivity index (χ1v) is 9.42. The van der Waals surface area contributed by atoms with Gasteiger partial charge in [-0.3, -0.25) is 0 Å². The maximum absolute atomic E-state index is 5.65. The fourth-order valence-corrected chi connectivity index (χ4v) is 6.18. The van der Waals surface area contributed by atoms with Gasteiger partial charge in [-0.1, -0.05) is 19.1 Å². The molecule has 142 valence electrons. The summed E-state index contributed by atoms with van der Waals surface area (Å²) in [5.41, 5.74) is 2.14. The van der Waals surface area contributed by atoms with E-state index >= 15 is 0 Å². The standard InChI is InChI=1S/C13H19NO3S2Si.4H2S/c1-5-11(20(15-2,16-3)17-4)9-7-6-8-10-12(9)14-13(18)19-10;;;;/h6-8,11H,5H2,1-4H3,(H,14,18);4*1H2. The van der Waals surface area contributed by atoms with Gasteiger partial charge in [0.2, 0.25) is 0 Å². The monoisotopic (exact) mass is 465 g/mol. The Balaban J connectivity index is -0.00000110. The number of thiazole rings is 1. The quantitative estimate of drug-likeness (QED) is 0.518. The molecular weight excluding hydrogens is 439 g/mol. The molecule has 2 rings (SSSR count). The van der Waals surface area contributed by atoms with Gasteiger partial charge in [0, 0.05) is 21.3 Å². The summed E-state index contributed by atoms with van der Waals surface area (Å²) in [6.45, 7) is 2.11. The highest BCUT2D eigenvalue weighted by Crippen LogP contribution is 2.37. The van der Waals surface area contributed by atoms with Gasteiger partial charge in [-0.05, 0) is 18.1 Å². The number of aromatic nitrogens is 1. The van der Waals surface area contributed by atoms with Crippen molar-refractivity contribution in [2.45, 2.75) is 23.2 Å². The molecule has 0 aliphatic carbocycles. The van der Waals surface area contributed by atoms with Crippen molar-refractivity contribution in [3.05, 3.63) is 23.8 Å². The number of hydrogen-bond donors (Lipinski definition) is 1. The molecule has 0 amide bonds. The van der Waals surface area contributed by atoms with Gasteiger partial charge >= 0.3 is 8.80 Å².